The van der Waals surface area contributed by atoms with Crippen molar-refractivity contribution in [2.75, 3.05) is 0 Å². The molecule has 0 amide bonds. The van der Waals surface area contributed by atoms with Crippen LogP contribution in [0.15, 0.2) is 202 Å². The van der Waals surface area contributed by atoms with E-state index in [9.17, 15) is 0 Å². The molecule has 0 radical (unpaired) electrons. The Balaban J connectivity index is 1.04. The number of hydrogen-bond donors (Lipinski definition) is 1. The molecule has 0 saturated carbocycles. The van der Waals surface area contributed by atoms with Crippen LogP contribution in [-0.2, 0) is 0 Å². The smallest absolute Gasteiger partial charge is 0.234 e. The van der Waals surface area contributed by atoms with Crippen LogP contribution in [0.4, 0.5) is 0 Å². The monoisotopic (exact) mass is 731 g/mol. The van der Waals surface area contributed by atoms with Gasteiger partial charge in [0.15, 0.2) is 5.58 Å². The predicted octanol–water partition coefficient (Wildman–Crippen LogP) is 12.4. The topological polar surface area (TPSA) is 59.8 Å². The lowest BCUT2D eigenvalue weighted by Crippen LogP contribution is -2.35. The Morgan fingerprint density at radius 3 is 1.84 bits per heavy atom. The van der Waals surface area contributed by atoms with E-state index in [2.05, 4.69) is 196 Å². The molecule has 1 aliphatic heterocycles. The number of para-hydroxylation sites is 4. The van der Waals surface area contributed by atoms with Gasteiger partial charge in [-0.1, -0.05) is 140 Å². The van der Waals surface area contributed by atoms with E-state index in [1.165, 1.54) is 32.7 Å². The van der Waals surface area contributed by atoms with Gasteiger partial charge < -0.3 is 14.3 Å². The van der Waals surface area contributed by atoms with Gasteiger partial charge in [0.1, 0.15) is 17.6 Å². The van der Waals surface area contributed by atoms with Crippen molar-refractivity contribution >= 4 is 77.3 Å². The number of aliphatic imine (C=N–C) groups is 2. The van der Waals surface area contributed by atoms with E-state index < -0.39 is 0 Å². The molecule has 57 heavy (non-hydrogen) atoms. The van der Waals surface area contributed by atoms with Crippen molar-refractivity contribution in [2.24, 2.45) is 9.98 Å². The van der Waals surface area contributed by atoms with E-state index >= 15 is 0 Å². The minimum absolute atomic E-state index is 0.340. The van der Waals surface area contributed by atoms with Crippen LogP contribution in [0.2, 0.25) is 0 Å². The number of furan rings is 1. The summed E-state index contributed by atoms with van der Waals surface area (Å²) in [5.74, 6) is 1.38. The lowest BCUT2D eigenvalue weighted by atomic mass is 9.99. The second-order valence-electron chi connectivity index (χ2n) is 14.6. The van der Waals surface area contributed by atoms with E-state index in [4.69, 9.17) is 14.4 Å². The predicted molar refractivity (Wildman–Crippen MR) is 235 cm³/mol. The van der Waals surface area contributed by atoms with Gasteiger partial charge in [-0.3, -0.25) is 4.57 Å². The quantitative estimate of drug-likeness (QED) is 0.196. The molecule has 1 atom stereocenters. The molecule has 0 fully saturated rings. The van der Waals surface area contributed by atoms with Gasteiger partial charge in [-0.05, 0) is 65.2 Å². The molecule has 1 N–H and O–H groups in total. The van der Waals surface area contributed by atoms with Crippen LogP contribution < -0.4 is 5.32 Å². The summed E-state index contributed by atoms with van der Waals surface area (Å²) in [5, 5.41) is 10.5. The van der Waals surface area contributed by atoms with Gasteiger partial charge in [0.2, 0.25) is 5.96 Å². The van der Waals surface area contributed by atoms with Crippen LogP contribution in [0.25, 0.3) is 82.4 Å². The maximum Gasteiger partial charge on any atom is 0.234 e. The number of amidine groups is 1. The van der Waals surface area contributed by atoms with Crippen LogP contribution in [0.5, 0.6) is 0 Å². The lowest BCUT2D eigenvalue weighted by Gasteiger charge is -2.24. The zero-order chi connectivity index (χ0) is 37.5. The Labute approximate surface area is 327 Å². The average molecular weight is 732 g/mol. The highest BCUT2D eigenvalue weighted by Gasteiger charge is 2.25. The second-order valence-corrected chi connectivity index (χ2v) is 14.6. The molecular weight excluding hydrogens is 699 g/mol. The van der Waals surface area contributed by atoms with E-state index in [1.54, 1.807) is 0 Å². The number of benzene rings is 8. The molecule has 4 heterocycles. The van der Waals surface area contributed by atoms with E-state index in [0.29, 0.717) is 5.96 Å². The van der Waals surface area contributed by atoms with Crippen LogP contribution in [0, 0.1) is 0 Å². The summed E-state index contributed by atoms with van der Waals surface area (Å²) in [6.07, 6.45) is -0.340. The number of nitrogens with zero attached hydrogens (tertiary/aromatic N) is 4. The summed E-state index contributed by atoms with van der Waals surface area (Å²) in [4.78, 5) is 10.5. The Hall–Kier alpha value is -7.70. The summed E-state index contributed by atoms with van der Waals surface area (Å²) >= 11 is 0. The highest BCUT2D eigenvalue weighted by atomic mass is 16.3. The van der Waals surface area contributed by atoms with Crippen molar-refractivity contribution in [1.29, 1.82) is 0 Å². The van der Waals surface area contributed by atoms with Gasteiger partial charge in [0.05, 0.1) is 27.8 Å². The molecule has 1 aliphatic rings. The minimum atomic E-state index is -0.340. The third kappa shape index (κ3) is 4.84. The molecule has 268 valence electrons. The van der Waals surface area contributed by atoms with E-state index in [-0.39, 0.29) is 6.17 Å². The molecule has 6 heteroatoms. The molecule has 12 rings (SSSR count). The van der Waals surface area contributed by atoms with Crippen molar-refractivity contribution < 1.29 is 4.42 Å². The summed E-state index contributed by atoms with van der Waals surface area (Å²) in [5.41, 5.74) is 11.5. The molecule has 11 aromatic rings. The number of fused-ring (bicyclic) bond motifs is 9. The summed E-state index contributed by atoms with van der Waals surface area (Å²) in [6.45, 7) is 0. The van der Waals surface area contributed by atoms with Gasteiger partial charge in [0, 0.05) is 37.9 Å². The molecule has 0 bridgehead atoms. The minimum Gasteiger partial charge on any atom is -0.454 e. The van der Waals surface area contributed by atoms with Gasteiger partial charge in [-0.25, -0.2) is 4.99 Å². The molecular formula is C51H33N5O. The van der Waals surface area contributed by atoms with Crippen molar-refractivity contribution in [3.05, 3.63) is 199 Å². The molecule has 8 aromatic carbocycles. The van der Waals surface area contributed by atoms with Gasteiger partial charge >= 0.3 is 0 Å². The zero-order valence-corrected chi connectivity index (χ0v) is 30.7. The van der Waals surface area contributed by atoms with Crippen LogP contribution in [0.1, 0.15) is 17.3 Å². The van der Waals surface area contributed by atoms with Crippen molar-refractivity contribution in [1.82, 2.24) is 14.5 Å². The number of aromatic nitrogens is 2. The first-order valence-electron chi connectivity index (χ1n) is 19.3. The number of nitrogens with one attached hydrogen (secondary N) is 1. The van der Waals surface area contributed by atoms with Gasteiger partial charge in [-0.15, -0.1) is 0 Å². The van der Waals surface area contributed by atoms with Crippen LogP contribution >= 0.6 is 0 Å². The Morgan fingerprint density at radius 2 is 1.09 bits per heavy atom. The largest absolute Gasteiger partial charge is 0.454 e. The third-order valence-electron chi connectivity index (χ3n) is 11.4. The normalized spacial score (nSPS) is 14.5. The highest BCUT2D eigenvalue weighted by Crippen LogP contribution is 2.41. The molecule has 0 aliphatic carbocycles. The van der Waals surface area contributed by atoms with E-state index in [1.807, 2.05) is 6.07 Å². The summed E-state index contributed by atoms with van der Waals surface area (Å²) < 4.78 is 11.4. The standard InChI is InChI=1S/C51H33N5O/c1-3-15-32(16-4-1)35-22-13-27-44-47(35)39-21-9-12-26-43(39)55(44)45-28-14-23-38-40-31-34(29-30-46(40)57-48(38)45)50-52-49(33-17-5-2-6-18-33)53-51(54-50)56-41-24-10-7-19-36(41)37-20-8-11-25-42(37)56/h1-31,49H,(H,52,53,54). The zero-order valence-electron chi connectivity index (χ0n) is 30.7. The summed E-state index contributed by atoms with van der Waals surface area (Å²) in [7, 11) is 0. The lowest BCUT2D eigenvalue weighted by molar-refractivity contribution is 0.665. The fraction of sp³-hybridized carbons (Fsp3) is 0.0196. The first kappa shape index (κ1) is 31.6. The highest BCUT2D eigenvalue weighted by molar-refractivity contribution is 6.19. The van der Waals surface area contributed by atoms with E-state index in [0.717, 1.165) is 66.7 Å². The van der Waals surface area contributed by atoms with Gasteiger partial charge in [0.25, 0.3) is 0 Å². The second kappa shape index (κ2) is 12.4. The van der Waals surface area contributed by atoms with Gasteiger partial charge in [-0.2, -0.15) is 4.99 Å². The average Bonchev–Trinajstić information content (AvgIpc) is 3.94. The molecule has 3 aromatic heterocycles. The summed E-state index contributed by atoms with van der Waals surface area (Å²) in [6, 6.07) is 66.0. The first-order valence-corrected chi connectivity index (χ1v) is 19.3. The maximum absolute atomic E-state index is 6.82. The van der Waals surface area contributed by atoms with Crippen molar-refractivity contribution in [3.8, 4) is 16.8 Å². The number of hydrogen-bond acceptors (Lipinski definition) is 4. The Morgan fingerprint density at radius 1 is 0.474 bits per heavy atom. The first-order chi connectivity index (χ1) is 28.3. The SMILES string of the molecule is c1ccc(-c2cccc3c2c2ccccc2n3-c2cccc3c2oc2ccc(C4=NC(n5c6ccccc6c6ccccc65)=NC(c5ccccc5)N4)cc23)cc1. The molecule has 1 unspecified atom stereocenters. The van der Waals surface area contributed by atoms with Crippen LogP contribution in [-0.4, -0.2) is 20.9 Å². The third-order valence-corrected chi connectivity index (χ3v) is 11.4. The maximum atomic E-state index is 6.82. The van der Waals surface area contributed by atoms with Crippen LogP contribution in [0.3, 0.4) is 0 Å². The number of rotatable bonds is 4. The van der Waals surface area contributed by atoms with Crippen molar-refractivity contribution in [2.45, 2.75) is 6.17 Å². The molecule has 0 spiro atoms. The fourth-order valence-electron chi connectivity index (χ4n) is 8.87. The van der Waals surface area contributed by atoms with Crippen molar-refractivity contribution in [3.63, 3.8) is 0 Å². The Kier molecular flexibility index (Phi) is 6.89. The Bertz CT molecular complexity index is 3390. The molecule has 0 saturated heterocycles. The molecule has 6 nitrogen and oxygen atoms in total. The fourth-order valence-corrected chi connectivity index (χ4v) is 8.87.